The van der Waals surface area contributed by atoms with E-state index in [1.54, 1.807) is 12.2 Å². The predicted molar refractivity (Wildman–Crippen MR) is 137 cm³/mol. The fraction of sp³-hybridized carbons (Fsp3) is 0.370. The summed E-state index contributed by atoms with van der Waals surface area (Å²) in [6.07, 6.45) is -0.120. The molecule has 190 valence electrons. The molecular formula is C27H31NO7Si. The largest absolute Gasteiger partial charge is 0.477 e. The molecule has 1 heterocycles. The molecule has 2 aromatic rings. The number of fused-ring (bicyclic) bond motifs is 1. The number of hydrogen-bond donors (Lipinski definition) is 2. The molecule has 0 saturated heterocycles. The molecule has 0 spiro atoms. The number of benzene rings is 2. The Morgan fingerprint density at radius 3 is 2.06 bits per heavy atom. The van der Waals surface area contributed by atoms with Gasteiger partial charge in [0.05, 0.1) is 0 Å². The van der Waals surface area contributed by atoms with Gasteiger partial charge in [-0.3, -0.25) is 4.79 Å². The van der Waals surface area contributed by atoms with Crippen molar-refractivity contribution in [2.75, 3.05) is 0 Å². The summed E-state index contributed by atoms with van der Waals surface area (Å²) in [6, 6.07) is 20.0. The van der Waals surface area contributed by atoms with Crippen LogP contribution in [0.2, 0.25) is 5.04 Å². The third-order valence-electron chi connectivity index (χ3n) is 6.76. The zero-order valence-corrected chi connectivity index (χ0v) is 21.8. The smallest absolute Gasteiger partial charge is 0.353 e. The number of aliphatic hydroxyl groups is 1. The molecular weight excluding hydrogens is 478 g/mol. The van der Waals surface area contributed by atoms with Crippen molar-refractivity contribution in [1.82, 2.24) is 0 Å². The number of aliphatic carboxylic acids is 1. The Hall–Kier alpha value is -3.27. The van der Waals surface area contributed by atoms with Crippen LogP contribution in [0, 0.1) is 0 Å². The van der Waals surface area contributed by atoms with Crippen molar-refractivity contribution in [3.05, 3.63) is 72.8 Å². The molecule has 0 saturated carbocycles. The van der Waals surface area contributed by atoms with Crippen molar-refractivity contribution in [3.8, 4) is 0 Å². The van der Waals surface area contributed by atoms with Gasteiger partial charge in [0.1, 0.15) is 6.10 Å². The van der Waals surface area contributed by atoms with Crippen LogP contribution in [-0.4, -0.2) is 60.1 Å². The van der Waals surface area contributed by atoms with Crippen LogP contribution in [0.5, 0.6) is 0 Å². The molecule has 0 bridgehead atoms. The van der Waals surface area contributed by atoms with Gasteiger partial charge in [-0.1, -0.05) is 92.7 Å². The maximum atomic E-state index is 11.8. The molecule has 8 nitrogen and oxygen atoms in total. The number of carbonyl (C=O) groups is 2. The first kappa shape index (κ1) is 25.8. The minimum atomic E-state index is -3.05. The summed E-state index contributed by atoms with van der Waals surface area (Å²) < 4.78 is 12.5. The van der Waals surface area contributed by atoms with Gasteiger partial charge in [0.25, 0.3) is 8.32 Å². The average Bonchev–Trinajstić information content (AvgIpc) is 2.83. The van der Waals surface area contributed by atoms with Crippen molar-refractivity contribution in [3.63, 3.8) is 0 Å². The Balaban J connectivity index is 1.86. The summed E-state index contributed by atoms with van der Waals surface area (Å²) in [6.45, 7) is 7.61. The predicted octanol–water partition coefficient (Wildman–Crippen LogP) is 2.39. The van der Waals surface area contributed by atoms with Crippen LogP contribution < -0.4 is 10.4 Å². The van der Waals surface area contributed by atoms with Crippen molar-refractivity contribution in [2.24, 2.45) is 5.16 Å². The lowest BCUT2D eigenvalue weighted by Crippen LogP contribution is -2.71. The van der Waals surface area contributed by atoms with E-state index in [0.29, 0.717) is 0 Å². The second kappa shape index (κ2) is 9.65. The number of hydrogen-bond acceptors (Lipinski definition) is 7. The van der Waals surface area contributed by atoms with Crippen LogP contribution in [-0.2, 0) is 23.6 Å². The molecule has 4 atom stereocenters. The number of nitrogens with zero attached hydrogens (tertiary/aromatic N) is 1. The Bertz CT molecular complexity index is 1140. The van der Waals surface area contributed by atoms with Crippen LogP contribution in [0.15, 0.2) is 78.0 Å². The Morgan fingerprint density at radius 1 is 1.03 bits per heavy atom. The van der Waals surface area contributed by atoms with Gasteiger partial charge < -0.3 is 24.2 Å². The standard InChI is InChI=1S/C27H31NO7Si/c1-18(29)33-23-16-15-22(24-27(23,32)17-21(25(30)31)28-34-24)35-36(26(2,3)4,19-11-7-5-8-12-19)20-13-9-6-10-14-20/h5-16,22-24,32H,17H2,1-4H3,(H,30,31)/t22-,23+,24+,27+/m1/s1. The van der Waals surface area contributed by atoms with E-state index in [0.717, 1.165) is 10.4 Å². The lowest BCUT2D eigenvalue weighted by molar-refractivity contribution is -0.202. The van der Waals surface area contributed by atoms with Crippen LogP contribution >= 0.6 is 0 Å². The monoisotopic (exact) mass is 509 g/mol. The van der Waals surface area contributed by atoms with E-state index in [-0.39, 0.29) is 17.2 Å². The topological polar surface area (TPSA) is 115 Å². The number of carbonyl (C=O) groups excluding carboxylic acids is 1. The van der Waals surface area contributed by atoms with Gasteiger partial charge in [-0.15, -0.1) is 0 Å². The van der Waals surface area contributed by atoms with E-state index in [4.69, 9.17) is 14.0 Å². The first-order chi connectivity index (χ1) is 17.0. The van der Waals surface area contributed by atoms with E-state index < -0.39 is 44.2 Å². The summed E-state index contributed by atoms with van der Waals surface area (Å²) in [5.74, 6) is -1.93. The fourth-order valence-corrected chi connectivity index (χ4v) is 9.75. The first-order valence-corrected chi connectivity index (χ1v) is 13.7. The molecule has 2 aromatic carbocycles. The number of carboxylic acid groups (broad SMARTS) is 1. The molecule has 0 fully saturated rings. The number of esters is 1. The second-order valence-electron chi connectivity index (χ2n) is 10.2. The Morgan fingerprint density at radius 2 is 1.58 bits per heavy atom. The third kappa shape index (κ3) is 4.49. The molecule has 0 unspecified atom stereocenters. The summed E-state index contributed by atoms with van der Waals surface area (Å²) in [4.78, 5) is 29.0. The van der Waals surface area contributed by atoms with Gasteiger partial charge in [0.15, 0.2) is 23.5 Å². The summed E-state index contributed by atoms with van der Waals surface area (Å²) in [5, 5.41) is 26.8. The zero-order valence-electron chi connectivity index (χ0n) is 20.8. The van der Waals surface area contributed by atoms with Crippen molar-refractivity contribution >= 4 is 36.3 Å². The SMILES string of the molecule is CC(=O)O[C@H]1C=C[C@@H](O[Si](c2ccccc2)(c2ccccc2)C(C)(C)C)[C@@H]2ON=C(C(=O)O)C[C@]12O. The molecule has 1 aliphatic heterocycles. The van der Waals surface area contributed by atoms with Crippen molar-refractivity contribution in [1.29, 1.82) is 0 Å². The van der Waals surface area contributed by atoms with E-state index >= 15 is 0 Å². The third-order valence-corrected chi connectivity index (χ3v) is 11.8. The van der Waals surface area contributed by atoms with Crippen LogP contribution in [0.3, 0.4) is 0 Å². The number of carboxylic acids is 1. The van der Waals surface area contributed by atoms with Crippen LogP contribution in [0.25, 0.3) is 0 Å². The minimum absolute atomic E-state index is 0.349. The van der Waals surface area contributed by atoms with E-state index in [9.17, 15) is 19.8 Å². The highest BCUT2D eigenvalue weighted by Crippen LogP contribution is 2.42. The highest BCUT2D eigenvalue weighted by molar-refractivity contribution is 6.99. The summed E-state index contributed by atoms with van der Waals surface area (Å²) >= 11 is 0. The maximum absolute atomic E-state index is 11.8. The lowest BCUT2D eigenvalue weighted by Gasteiger charge is -2.50. The fourth-order valence-electron chi connectivity index (χ4n) is 5.13. The van der Waals surface area contributed by atoms with E-state index in [1.165, 1.54) is 6.92 Å². The quantitative estimate of drug-likeness (QED) is 0.349. The van der Waals surface area contributed by atoms with Crippen LogP contribution in [0.4, 0.5) is 0 Å². The lowest BCUT2D eigenvalue weighted by atomic mass is 9.78. The Labute approximate surface area is 211 Å². The Kier molecular flexibility index (Phi) is 6.92. The number of oxime groups is 1. The van der Waals surface area contributed by atoms with E-state index in [1.807, 2.05) is 60.7 Å². The van der Waals surface area contributed by atoms with Gasteiger partial charge in [-0.05, 0) is 21.5 Å². The zero-order chi connectivity index (χ0) is 26.1. The molecule has 1 aliphatic carbocycles. The molecule has 0 amide bonds. The average molecular weight is 510 g/mol. The summed E-state index contributed by atoms with van der Waals surface area (Å²) in [5.41, 5.74) is -2.24. The molecule has 36 heavy (non-hydrogen) atoms. The molecule has 4 rings (SSSR count). The van der Waals surface area contributed by atoms with Crippen molar-refractivity contribution < 1.29 is 33.8 Å². The maximum Gasteiger partial charge on any atom is 0.353 e. The highest BCUT2D eigenvalue weighted by Gasteiger charge is 2.60. The van der Waals surface area contributed by atoms with Crippen LogP contribution in [0.1, 0.15) is 34.1 Å². The minimum Gasteiger partial charge on any atom is -0.477 e. The van der Waals surface area contributed by atoms with Gasteiger partial charge in [0.2, 0.25) is 0 Å². The van der Waals surface area contributed by atoms with Gasteiger partial charge in [-0.25, -0.2) is 4.79 Å². The second-order valence-corrected chi connectivity index (χ2v) is 14.5. The highest BCUT2D eigenvalue weighted by atomic mass is 28.4. The summed E-state index contributed by atoms with van der Waals surface area (Å²) in [7, 11) is -3.05. The van der Waals surface area contributed by atoms with Gasteiger partial charge in [0, 0.05) is 13.3 Å². The van der Waals surface area contributed by atoms with Gasteiger partial charge >= 0.3 is 11.9 Å². The van der Waals surface area contributed by atoms with Crippen molar-refractivity contribution in [2.45, 2.75) is 63.1 Å². The first-order valence-electron chi connectivity index (χ1n) is 11.8. The number of ether oxygens (including phenoxy) is 1. The molecule has 0 aromatic heterocycles. The molecule has 0 radical (unpaired) electrons. The van der Waals surface area contributed by atoms with Gasteiger partial charge in [-0.2, -0.15) is 0 Å². The molecule has 2 aliphatic rings. The molecule has 9 heteroatoms. The normalized spacial score (nSPS) is 25.8. The number of rotatable bonds is 6. The molecule has 2 N–H and O–H groups in total. The van der Waals surface area contributed by atoms with E-state index in [2.05, 4.69) is 25.9 Å².